The lowest BCUT2D eigenvalue weighted by molar-refractivity contribution is 0.0943. The molecule has 1 aromatic heterocycles. The summed E-state index contributed by atoms with van der Waals surface area (Å²) in [5.41, 5.74) is 1.38. The third kappa shape index (κ3) is 7.19. The zero-order chi connectivity index (χ0) is 28.7. The van der Waals surface area contributed by atoms with E-state index in [-0.39, 0.29) is 41.3 Å². The lowest BCUT2D eigenvalue weighted by Gasteiger charge is -2.17. The van der Waals surface area contributed by atoms with Crippen LogP contribution in [0.15, 0.2) is 64.6 Å². The summed E-state index contributed by atoms with van der Waals surface area (Å²) in [7, 11) is 1.39. The van der Waals surface area contributed by atoms with Crippen LogP contribution in [0.4, 0.5) is 8.78 Å². The molecule has 1 heterocycles. The number of carbonyl (C=O) groups excluding carboxylic acids is 1. The highest BCUT2D eigenvalue weighted by Gasteiger charge is 2.24. The molecule has 7 nitrogen and oxygen atoms in total. The molecule has 39 heavy (non-hydrogen) atoms. The Morgan fingerprint density at radius 2 is 1.92 bits per heavy atom. The van der Waals surface area contributed by atoms with Crippen LogP contribution in [0.2, 0.25) is 0 Å². The number of hydrogen-bond acceptors (Lipinski definition) is 5. The number of benzene rings is 2. The third-order valence-electron chi connectivity index (χ3n) is 5.92. The molecule has 0 aliphatic carbocycles. The molecular weight excluding hydrogens is 504 g/mol. The van der Waals surface area contributed by atoms with Crippen molar-refractivity contribution in [2.75, 3.05) is 7.05 Å². The first kappa shape index (κ1) is 29.3. The molecule has 0 saturated heterocycles. The van der Waals surface area contributed by atoms with Gasteiger partial charge in [-0.1, -0.05) is 38.1 Å². The van der Waals surface area contributed by atoms with Gasteiger partial charge in [0.2, 0.25) is 5.90 Å². The number of aliphatic imine (C=N–C) groups is 1. The number of nitrogens with one attached hydrogen (secondary N) is 2. The van der Waals surface area contributed by atoms with Crippen LogP contribution in [0.25, 0.3) is 11.1 Å². The van der Waals surface area contributed by atoms with Crippen LogP contribution in [0.3, 0.4) is 0 Å². The predicted molar refractivity (Wildman–Crippen MR) is 148 cm³/mol. The summed E-state index contributed by atoms with van der Waals surface area (Å²) in [4.78, 5) is 32.7. The summed E-state index contributed by atoms with van der Waals surface area (Å²) in [6, 6.07) is 10.1. The molecule has 0 spiro atoms. The molecular formula is C30H33F2N3O4. The maximum Gasteiger partial charge on any atom is 0.264 e. The minimum absolute atomic E-state index is 0.0172. The van der Waals surface area contributed by atoms with Gasteiger partial charge >= 0.3 is 0 Å². The van der Waals surface area contributed by atoms with Crippen molar-refractivity contribution >= 4 is 11.8 Å². The zero-order valence-electron chi connectivity index (χ0n) is 22.5. The lowest BCUT2D eigenvalue weighted by Crippen LogP contribution is -2.30. The molecule has 0 aliphatic rings. The monoisotopic (exact) mass is 537 g/mol. The number of carbonyl (C=O) groups is 1. The number of aromatic nitrogens is 1. The van der Waals surface area contributed by atoms with Crippen molar-refractivity contribution in [2.45, 2.75) is 52.5 Å². The van der Waals surface area contributed by atoms with Gasteiger partial charge in [-0.3, -0.25) is 14.6 Å². The van der Waals surface area contributed by atoms with Crippen LogP contribution >= 0.6 is 0 Å². The van der Waals surface area contributed by atoms with E-state index in [1.807, 2.05) is 20.8 Å². The van der Waals surface area contributed by atoms with Crippen molar-refractivity contribution in [1.82, 2.24) is 10.3 Å². The first-order chi connectivity index (χ1) is 18.5. The van der Waals surface area contributed by atoms with Gasteiger partial charge in [0.05, 0.1) is 0 Å². The number of aryl methyl sites for hydroxylation is 1. The molecule has 0 saturated carbocycles. The maximum absolute atomic E-state index is 13.6. The van der Waals surface area contributed by atoms with Crippen LogP contribution in [-0.2, 0) is 17.6 Å². The van der Waals surface area contributed by atoms with Crippen molar-refractivity contribution in [3.63, 3.8) is 0 Å². The van der Waals surface area contributed by atoms with E-state index in [4.69, 9.17) is 4.74 Å². The van der Waals surface area contributed by atoms with Gasteiger partial charge in [0.15, 0.2) is 11.6 Å². The molecule has 206 valence electrons. The molecule has 2 aromatic carbocycles. The number of aromatic hydroxyl groups is 1. The van der Waals surface area contributed by atoms with Crippen LogP contribution < -0.4 is 10.9 Å². The Morgan fingerprint density at radius 3 is 2.56 bits per heavy atom. The summed E-state index contributed by atoms with van der Waals surface area (Å²) < 4.78 is 32.7. The number of hydrogen-bond donors (Lipinski definition) is 3. The summed E-state index contributed by atoms with van der Waals surface area (Å²) in [6.07, 6.45) is 2.11. The molecule has 3 N–H and O–H groups in total. The van der Waals surface area contributed by atoms with E-state index >= 15 is 0 Å². The molecule has 3 rings (SSSR count). The molecule has 0 radical (unpaired) electrons. The van der Waals surface area contributed by atoms with Gasteiger partial charge in [0, 0.05) is 36.3 Å². The second kappa shape index (κ2) is 13.0. The molecule has 0 aliphatic heterocycles. The van der Waals surface area contributed by atoms with E-state index in [0.717, 1.165) is 25.0 Å². The fourth-order valence-corrected chi connectivity index (χ4v) is 4.11. The average Bonchev–Trinajstić information content (AvgIpc) is 2.88. The van der Waals surface area contributed by atoms with Crippen LogP contribution in [0, 0.1) is 11.6 Å². The standard InChI is InChI=1S/C30H33F2N3O4/c1-6-7-11-24-25(20-9-8-10-21(16-20)28(37)34-17(2)3)27(36)26(29(38)35-24)30(33-5)39-18(4)14-19-12-13-22(31)23(32)15-19/h8-10,12-13,15-17H,4,6-7,11,14H2,1-3,5H3,(H,34,37)(H2,35,36,38). The number of H-pyrrole nitrogens is 1. The Morgan fingerprint density at radius 1 is 1.18 bits per heavy atom. The molecule has 0 fully saturated rings. The number of halogens is 2. The van der Waals surface area contributed by atoms with Crippen LogP contribution in [-0.4, -0.2) is 35.0 Å². The summed E-state index contributed by atoms with van der Waals surface area (Å²) >= 11 is 0. The second-order valence-corrected chi connectivity index (χ2v) is 9.44. The first-order valence-corrected chi connectivity index (χ1v) is 12.7. The van der Waals surface area contributed by atoms with E-state index in [2.05, 4.69) is 21.9 Å². The van der Waals surface area contributed by atoms with Gasteiger partial charge in [-0.15, -0.1) is 0 Å². The topological polar surface area (TPSA) is 104 Å². The van der Waals surface area contributed by atoms with Crippen molar-refractivity contribution in [1.29, 1.82) is 0 Å². The molecule has 3 aromatic rings. The van der Waals surface area contributed by atoms with Crippen LogP contribution in [0.5, 0.6) is 5.75 Å². The summed E-state index contributed by atoms with van der Waals surface area (Å²) in [6.45, 7) is 9.54. The van der Waals surface area contributed by atoms with Gasteiger partial charge in [-0.25, -0.2) is 8.78 Å². The number of amides is 1. The van der Waals surface area contributed by atoms with Gasteiger partial charge in [-0.2, -0.15) is 0 Å². The molecule has 0 unspecified atom stereocenters. The van der Waals surface area contributed by atoms with E-state index in [9.17, 15) is 23.5 Å². The Labute approximate surface area is 226 Å². The summed E-state index contributed by atoms with van der Waals surface area (Å²) in [5.74, 6) is -2.69. The van der Waals surface area contributed by atoms with Crippen molar-refractivity contribution < 1.29 is 23.4 Å². The number of pyridine rings is 1. The SMILES string of the molecule is C=C(Cc1ccc(F)c(F)c1)OC(=NC)c1c(O)c(-c2cccc(C(=O)NC(C)C)c2)c(CCCC)[nH]c1=O. The minimum atomic E-state index is -1.00. The predicted octanol–water partition coefficient (Wildman–Crippen LogP) is 5.66. The normalized spacial score (nSPS) is 11.5. The van der Waals surface area contributed by atoms with Gasteiger partial charge in [-0.05, 0) is 62.1 Å². The van der Waals surface area contributed by atoms with Gasteiger partial charge in [0.1, 0.15) is 17.1 Å². The average molecular weight is 538 g/mol. The fraction of sp³-hybridized carbons (Fsp3) is 0.300. The highest BCUT2D eigenvalue weighted by molar-refractivity contribution is 6.00. The summed E-state index contributed by atoms with van der Waals surface area (Å²) in [5, 5.41) is 14.3. The maximum atomic E-state index is 13.6. The van der Waals surface area contributed by atoms with Crippen molar-refractivity contribution in [3.05, 3.63) is 99.2 Å². The fourth-order valence-electron chi connectivity index (χ4n) is 4.11. The minimum Gasteiger partial charge on any atom is -0.506 e. The number of aromatic amines is 1. The van der Waals surface area contributed by atoms with E-state index in [1.165, 1.54) is 13.1 Å². The number of unbranched alkanes of at least 4 members (excludes halogenated alkanes) is 1. The highest BCUT2D eigenvalue weighted by atomic mass is 19.2. The largest absolute Gasteiger partial charge is 0.506 e. The van der Waals surface area contributed by atoms with Gasteiger partial charge < -0.3 is 20.1 Å². The molecule has 0 bridgehead atoms. The van der Waals surface area contributed by atoms with Crippen LogP contribution in [0.1, 0.15) is 60.8 Å². The lowest BCUT2D eigenvalue weighted by atomic mass is 9.96. The Kier molecular flexibility index (Phi) is 9.76. The highest BCUT2D eigenvalue weighted by Crippen LogP contribution is 2.35. The number of ether oxygens (including phenoxy) is 1. The number of rotatable bonds is 10. The third-order valence-corrected chi connectivity index (χ3v) is 5.92. The van der Waals surface area contributed by atoms with Crippen molar-refractivity contribution in [3.8, 4) is 16.9 Å². The second-order valence-electron chi connectivity index (χ2n) is 9.44. The Balaban J connectivity index is 2.04. The van der Waals surface area contributed by atoms with Crippen molar-refractivity contribution in [2.24, 2.45) is 4.99 Å². The quantitative estimate of drug-likeness (QED) is 0.176. The molecule has 0 atom stereocenters. The molecule has 1 amide bonds. The van der Waals surface area contributed by atoms with E-state index < -0.39 is 17.2 Å². The number of allylic oxidation sites excluding steroid dienone is 1. The number of nitrogens with zero attached hydrogens (tertiary/aromatic N) is 1. The molecule has 9 heteroatoms. The Bertz CT molecular complexity index is 1460. The smallest absolute Gasteiger partial charge is 0.264 e. The Hall–Kier alpha value is -4.27. The zero-order valence-corrected chi connectivity index (χ0v) is 22.5. The first-order valence-electron chi connectivity index (χ1n) is 12.7. The van der Waals surface area contributed by atoms with E-state index in [0.29, 0.717) is 34.4 Å². The van der Waals surface area contributed by atoms with Gasteiger partial charge in [0.25, 0.3) is 11.5 Å². The van der Waals surface area contributed by atoms with E-state index in [1.54, 1.807) is 24.3 Å².